The second-order valence-corrected chi connectivity index (χ2v) is 6.15. The third-order valence-corrected chi connectivity index (χ3v) is 3.63. The van der Waals surface area contributed by atoms with E-state index in [0.717, 1.165) is 4.31 Å². The van der Waals surface area contributed by atoms with Crippen molar-refractivity contribution in [3.8, 4) is 0 Å². The molecule has 0 aliphatic heterocycles. The lowest BCUT2D eigenvalue weighted by Gasteiger charge is -2.24. The van der Waals surface area contributed by atoms with Crippen LogP contribution in [0.5, 0.6) is 0 Å². The van der Waals surface area contributed by atoms with Crippen LogP contribution in [0.25, 0.3) is 0 Å². The predicted octanol–water partition coefficient (Wildman–Crippen LogP) is 0.258. The highest BCUT2D eigenvalue weighted by atomic mass is 35.5. The molecule has 13 heavy (non-hydrogen) atoms. The summed E-state index contributed by atoms with van der Waals surface area (Å²) >= 11 is 5.33. The summed E-state index contributed by atoms with van der Waals surface area (Å²) in [6.07, 6.45) is 0. The second-order valence-electron chi connectivity index (χ2n) is 3.57. The van der Waals surface area contributed by atoms with E-state index in [1.54, 1.807) is 13.8 Å². The van der Waals surface area contributed by atoms with E-state index in [4.69, 9.17) is 11.6 Å². The lowest BCUT2D eigenvalue weighted by molar-refractivity contribution is 0.0640. The smallest absolute Gasteiger partial charge is 0.215 e. The topological polar surface area (TPSA) is 57.6 Å². The maximum atomic E-state index is 11.3. The van der Waals surface area contributed by atoms with Crippen LogP contribution in [-0.4, -0.2) is 48.7 Å². The van der Waals surface area contributed by atoms with E-state index in [-0.39, 0.29) is 18.2 Å². The van der Waals surface area contributed by atoms with Crippen LogP contribution in [0, 0.1) is 0 Å². The summed E-state index contributed by atoms with van der Waals surface area (Å²) in [6.45, 7) is 3.19. The van der Waals surface area contributed by atoms with Gasteiger partial charge in [-0.15, -0.1) is 11.6 Å². The molecule has 0 radical (unpaired) electrons. The zero-order chi connectivity index (χ0) is 10.7. The van der Waals surface area contributed by atoms with Crippen molar-refractivity contribution in [2.75, 3.05) is 25.2 Å². The molecule has 0 aliphatic carbocycles. The van der Waals surface area contributed by atoms with Crippen LogP contribution < -0.4 is 0 Å². The van der Waals surface area contributed by atoms with E-state index in [9.17, 15) is 13.5 Å². The molecule has 0 heterocycles. The monoisotopic (exact) mass is 229 g/mol. The summed E-state index contributed by atoms with van der Waals surface area (Å²) in [4.78, 5) is 0. The average Bonchev–Trinajstić information content (AvgIpc) is 1.82. The van der Waals surface area contributed by atoms with E-state index in [2.05, 4.69) is 0 Å². The quantitative estimate of drug-likeness (QED) is 0.688. The Morgan fingerprint density at radius 1 is 1.46 bits per heavy atom. The van der Waals surface area contributed by atoms with E-state index in [1.807, 2.05) is 0 Å². The van der Waals surface area contributed by atoms with Crippen molar-refractivity contribution in [2.45, 2.75) is 19.4 Å². The first-order valence-corrected chi connectivity index (χ1v) is 6.06. The largest absolute Gasteiger partial charge is 0.389 e. The van der Waals surface area contributed by atoms with E-state index >= 15 is 0 Å². The fraction of sp³-hybridized carbons (Fsp3) is 1.00. The molecule has 0 aromatic carbocycles. The zero-order valence-electron chi connectivity index (χ0n) is 8.12. The fourth-order valence-corrected chi connectivity index (χ4v) is 2.50. The van der Waals surface area contributed by atoms with E-state index in [0.29, 0.717) is 0 Å². The second kappa shape index (κ2) is 4.59. The van der Waals surface area contributed by atoms with Gasteiger partial charge >= 0.3 is 0 Å². The number of nitrogens with zero attached hydrogens (tertiary/aromatic N) is 1. The van der Waals surface area contributed by atoms with Gasteiger partial charge in [0, 0.05) is 19.5 Å². The number of alkyl halides is 1. The van der Waals surface area contributed by atoms with Crippen molar-refractivity contribution < 1.29 is 13.5 Å². The molecular formula is C7H16ClNO3S. The lowest BCUT2D eigenvalue weighted by Crippen LogP contribution is -2.40. The summed E-state index contributed by atoms with van der Waals surface area (Å²) in [7, 11) is -1.87. The summed E-state index contributed by atoms with van der Waals surface area (Å²) in [5.41, 5.74) is -1.02. The number of rotatable bonds is 5. The minimum absolute atomic E-state index is 0.0680. The molecule has 80 valence electrons. The molecule has 0 fully saturated rings. The maximum Gasteiger partial charge on any atom is 0.215 e. The van der Waals surface area contributed by atoms with Crippen LogP contribution in [0.3, 0.4) is 0 Å². The zero-order valence-corrected chi connectivity index (χ0v) is 9.69. The van der Waals surface area contributed by atoms with Crippen molar-refractivity contribution in [3.05, 3.63) is 0 Å². The third-order valence-electron chi connectivity index (χ3n) is 1.42. The highest BCUT2D eigenvalue weighted by molar-refractivity contribution is 7.89. The number of sulfonamides is 1. The molecule has 0 amide bonds. The number of aliphatic hydroxyl groups is 1. The summed E-state index contributed by atoms with van der Waals surface area (Å²) < 4.78 is 23.8. The molecule has 6 heteroatoms. The van der Waals surface area contributed by atoms with Crippen LogP contribution in [-0.2, 0) is 10.0 Å². The lowest BCUT2D eigenvalue weighted by atomic mass is 10.1. The molecule has 1 N–H and O–H groups in total. The Labute approximate surface area is 84.5 Å². The van der Waals surface area contributed by atoms with E-state index < -0.39 is 15.6 Å². The first-order valence-electron chi connectivity index (χ1n) is 3.91. The molecule has 0 aliphatic rings. The van der Waals surface area contributed by atoms with Crippen molar-refractivity contribution in [1.29, 1.82) is 0 Å². The molecule has 0 spiro atoms. The Kier molecular flexibility index (Phi) is 4.65. The van der Waals surface area contributed by atoms with Crippen molar-refractivity contribution in [2.24, 2.45) is 0 Å². The first kappa shape index (κ1) is 13.2. The van der Waals surface area contributed by atoms with Crippen molar-refractivity contribution in [3.63, 3.8) is 0 Å². The Morgan fingerprint density at radius 2 is 1.92 bits per heavy atom. The van der Waals surface area contributed by atoms with E-state index in [1.165, 1.54) is 7.05 Å². The maximum absolute atomic E-state index is 11.3. The van der Waals surface area contributed by atoms with Crippen molar-refractivity contribution >= 4 is 21.6 Å². The Morgan fingerprint density at radius 3 is 2.23 bits per heavy atom. The number of hydrogen-bond donors (Lipinski definition) is 1. The van der Waals surface area contributed by atoms with Crippen molar-refractivity contribution in [1.82, 2.24) is 4.31 Å². The predicted molar refractivity (Wildman–Crippen MR) is 53.4 cm³/mol. The first-order chi connectivity index (χ1) is 5.69. The molecule has 0 aromatic heterocycles. The Hall–Kier alpha value is 0.160. The van der Waals surface area contributed by atoms with Crippen LogP contribution in [0.2, 0.25) is 0 Å². The minimum atomic E-state index is -3.30. The number of halogens is 1. The molecule has 0 bridgehead atoms. The molecule has 0 unspecified atom stereocenters. The SMILES string of the molecule is CN(CC(C)(C)O)S(=O)(=O)CCCl. The fourth-order valence-electron chi connectivity index (χ4n) is 0.897. The van der Waals surface area contributed by atoms with Crippen LogP contribution in [0.4, 0.5) is 0 Å². The normalized spacial score (nSPS) is 13.7. The molecule has 4 nitrogen and oxygen atoms in total. The van der Waals surface area contributed by atoms with Gasteiger partial charge in [0.15, 0.2) is 0 Å². The summed E-state index contributed by atoms with van der Waals surface area (Å²) in [5, 5.41) is 9.38. The molecular weight excluding hydrogens is 214 g/mol. The Bertz CT molecular complexity index is 245. The van der Waals surface area contributed by atoms with Gasteiger partial charge in [-0.2, -0.15) is 0 Å². The summed E-state index contributed by atoms with van der Waals surface area (Å²) in [5.74, 6) is -0.0281. The molecule has 0 atom stereocenters. The number of hydrogen-bond acceptors (Lipinski definition) is 3. The van der Waals surface area contributed by atoms with Gasteiger partial charge in [-0.1, -0.05) is 0 Å². The Balaban J connectivity index is 4.35. The van der Waals surface area contributed by atoms with Gasteiger partial charge in [-0.3, -0.25) is 0 Å². The molecule has 0 rings (SSSR count). The average molecular weight is 230 g/mol. The van der Waals surface area contributed by atoms with Gasteiger partial charge in [0.25, 0.3) is 0 Å². The molecule has 0 saturated carbocycles. The third kappa shape index (κ3) is 5.46. The summed E-state index contributed by atoms with van der Waals surface area (Å²) in [6, 6.07) is 0. The van der Waals surface area contributed by atoms with Crippen LogP contribution in [0.1, 0.15) is 13.8 Å². The number of likely N-dealkylation sites (N-methyl/N-ethyl adjacent to an activating group) is 1. The van der Waals surface area contributed by atoms with Gasteiger partial charge in [-0.25, -0.2) is 12.7 Å². The minimum Gasteiger partial charge on any atom is -0.389 e. The standard InChI is InChI=1S/C7H16ClNO3S/c1-7(2,10)6-9(3)13(11,12)5-4-8/h10H,4-6H2,1-3H3. The van der Waals surface area contributed by atoms with Gasteiger partial charge in [0.05, 0.1) is 11.4 Å². The van der Waals surface area contributed by atoms with Gasteiger partial charge in [0.2, 0.25) is 10.0 Å². The van der Waals surface area contributed by atoms with Gasteiger partial charge in [0.1, 0.15) is 0 Å². The van der Waals surface area contributed by atoms with Crippen LogP contribution >= 0.6 is 11.6 Å². The molecule has 0 aromatic rings. The highest BCUT2D eigenvalue weighted by Gasteiger charge is 2.23. The van der Waals surface area contributed by atoms with Gasteiger partial charge < -0.3 is 5.11 Å². The molecule has 0 saturated heterocycles. The highest BCUT2D eigenvalue weighted by Crippen LogP contribution is 2.07. The van der Waals surface area contributed by atoms with Crippen LogP contribution in [0.15, 0.2) is 0 Å². The van der Waals surface area contributed by atoms with Gasteiger partial charge in [-0.05, 0) is 13.8 Å².